The molecule has 0 N–H and O–H groups in total. The van der Waals surface area contributed by atoms with Crippen LogP contribution in [0.25, 0.3) is 27.5 Å². The van der Waals surface area contributed by atoms with Gasteiger partial charge in [0, 0.05) is 0 Å². The maximum absolute atomic E-state index is 2.75. The van der Waals surface area contributed by atoms with Gasteiger partial charge in [0.15, 0.2) is 0 Å². The second kappa shape index (κ2) is 13.6. The van der Waals surface area contributed by atoms with Gasteiger partial charge in [-0.3, -0.25) is 0 Å². The summed E-state index contributed by atoms with van der Waals surface area (Å²) in [5.74, 6) is 5.65. The summed E-state index contributed by atoms with van der Waals surface area (Å²) in [6.07, 6.45) is 17.5. The molecule has 66 heavy (non-hydrogen) atoms. The number of aromatic nitrogens is 1. The number of nitrogens with zero attached hydrogens (tertiary/aromatic N) is 1. The van der Waals surface area contributed by atoms with Crippen LogP contribution >= 0.6 is 0 Å². The molecule has 0 atom stereocenters. The van der Waals surface area contributed by atoms with Crippen LogP contribution in [0, 0.1) is 35.5 Å². The SMILES string of the molecule is c1ccc([Si]2(c3ccccc3)c3ccccc3B3c4cc(-n5c6ccc(C78CC9CC(CC(C9)C7)C8)cc6c6cc(C78CC9CC(CC(C9)C7)C8)ccc65)ccc4[Se]c4cccc2c43)cc1. The van der Waals surface area contributed by atoms with Crippen LogP contribution in [0.3, 0.4) is 0 Å². The van der Waals surface area contributed by atoms with E-state index < -0.39 is 8.07 Å². The standard InChI is InChI=1S/C62H56BNSeSi/c1-3-10-48(11-4-1)66(49-12-5-2-6-13-49)58-16-8-7-14-52(58)63-53-32-47(20-23-56(53)65-57-15-9-17-59(66)60(57)63)64-54-21-18-45(61-33-39-24-40(34-61)26-41(25-39)35-61)30-50(54)51-31-46(19-22-55(51)64)62-36-42-27-43(37-62)29-44(28-42)38-62/h1-23,30-32,39-44H,24-29,33-38H2. The molecular formula is C62H56BNSeSi. The molecule has 322 valence electrons. The van der Waals surface area contributed by atoms with Crippen molar-refractivity contribution in [1.29, 1.82) is 0 Å². The molecule has 4 heteroatoms. The Hall–Kier alpha value is -4.86. The molecular weight excluding hydrogens is 877 g/mol. The molecule has 3 heterocycles. The topological polar surface area (TPSA) is 4.93 Å². The van der Waals surface area contributed by atoms with Crippen molar-refractivity contribution in [3.63, 3.8) is 0 Å². The van der Waals surface area contributed by atoms with Gasteiger partial charge in [0.25, 0.3) is 0 Å². The number of rotatable bonds is 5. The number of hydrogen-bond donors (Lipinski definition) is 0. The summed E-state index contributed by atoms with van der Waals surface area (Å²) in [6.45, 7) is 0.199. The first kappa shape index (κ1) is 38.1. The van der Waals surface area contributed by atoms with Crippen molar-refractivity contribution >= 4 is 97.6 Å². The van der Waals surface area contributed by atoms with Crippen molar-refractivity contribution in [3.05, 3.63) is 169 Å². The third-order valence-electron chi connectivity index (χ3n) is 19.7. The van der Waals surface area contributed by atoms with Crippen molar-refractivity contribution in [1.82, 2.24) is 4.57 Å². The van der Waals surface area contributed by atoms with Gasteiger partial charge in [0.2, 0.25) is 0 Å². The monoisotopic (exact) mass is 933 g/mol. The molecule has 1 nitrogen and oxygen atoms in total. The second-order valence-corrected chi connectivity index (χ2v) is 29.2. The van der Waals surface area contributed by atoms with E-state index in [1.54, 1.807) is 35.9 Å². The van der Waals surface area contributed by atoms with Gasteiger partial charge in [-0.2, -0.15) is 0 Å². The summed E-state index contributed by atoms with van der Waals surface area (Å²) >= 11 is 0.204. The Labute approximate surface area is 397 Å². The summed E-state index contributed by atoms with van der Waals surface area (Å²) in [4.78, 5) is 0. The van der Waals surface area contributed by atoms with Gasteiger partial charge >= 0.3 is 362 Å². The number of hydrogen-bond acceptors (Lipinski definition) is 0. The fourth-order valence-corrected chi connectivity index (χ4v) is 26.0. The zero-order chi connectivity index (χ0) is 42.9. The van der Waals surface area contributed by atoms with Crippen LogP contribution in [0.15, 0.2) is 158 Å². The molecule has 0 unspecified atom stereocenters. The van der Waals surface area contributed by atoms with Gasteiger partial charge in [-0.25, -0.2) is 0 Å². The molecule has 0 spiro atoms. The Kier molecular flexibility index (Phi) is 7.89. The van der Waals surface area contributed by atoms with Crippen LogP contribution in [0.4, 0.5) is 0 Å². The van der Waals surface area contributed by atoms with Gasteiger partial charge in [-0.05, 0) is 38.5 Å². The molecule has 7 aromatic carbocycles. The fraction of sp³-hybridized carbons (Fsp3) is 0.323. The van der Waals surface area contributed by atoms with Crippen LogP contribution < -0.4 is 46.1 Å². The molecule has 8 aromatic rings. The predicted octanol–water partition coefficient (Wildman–Crippen LogP) is 7.89. The molecule has 0 amide bonds. The average molecular weight is 933 g/mol. The molecule has 8 bridgehead atoms. The molecule has 18 rings (SSSR count). The van der Waals surface area contributed by atoms with Crippen LogP contribution in [-0.2, 0) is 10.8 Å². The quantitative estimate of drug-likeness (QED) is 0.155. The third kappa shape index (κ3) is 5.14. The van der Waals surface area contributed by atoms with Crippen molar-refractivity contribution < 1.29 is 0 Å². The molecule has 10 aliphatic rings. The van der Waals surface area contributed by atoms with E-state index in [-0.39, 0.29) is 21.7 Å². The fourth-order valence-electron chi connectivity index (χ4n) is 18.1. The first-order chi connectivity index (χ1) is 32.5. The summed E-state index contributed by atoms with van der Waals surface area (Å²) in [5.41, 5.74) is 12.8. The van der Waals surface area contributed by atoms with Gasteiger partial charge in [0.1, 0.15) is 0 Å². The van der Waals surface area contributed by atoms with E-state index in [2.05, 4.69) is 162 Å². The first-order valence-electron chi connectivity index (χ1n) is 25.8. The molecule has 8 saturated carbocycles. The van der Waals surface area contributed by atoms with E-state index in [9.17, 15) is 0 Å². The summed E-state index contributed by atoms with van der Waals surface area (Å²) < 4.78 is 5.81. The van der Waals surface area contributed by atoms with Gasteiger partial charge in [-0.15, -0.1) is 0 Å². The van der Waals surface area contributed by atoms with E-state index in [1.165, 1.54) is 126 Å². The molecule has 1 aromatic heterocycles. The van der Waals surface area contributed by atoms with Crippen LogP contribution in [0.2, 0.25) is 0 Å². The van der Waals surface area contributed by atoms with Gasteiger partial charge < -0.3 is 0 Å². The summed E-state index contributed by atoms with van der Waals surface area (Å²) in [6, 6.07) is 63.8. The maximum atomic E-state index is 2.75. The van der Waals surface area contributed by atoms with Crippen molar-refractivity contribution in [2.24, 2.45) is 35.5 Å². The first-order valence-corrected chi connectivity index (χ1v) is 29.5. The normalized spacial score (nSPS) is 30.2. The van der Waals surface area contributed by atoms with E-state index in [0.717, 1.165) is 35.5 Å². The Balaban J connectivity index is 0.905. The Morgan fingerprint density at radius 1 is 0.439 bits per heavy atom. The van der Waals surface area contributed by atoms with E-state index in [4.69, 9.17) is 0 Å². The van der Waals surface area contributed by atoms with E-state index in [0.29, 0.717) is 10.8 Å². The van der Waals surface area contributed by atoms with Crippen LogP contribution in [0.5, 0.6) is 0 Å². The van der Waals surface area contributed by atoms with Gasteiger partial charge in [0.05, 0.1) is 0 Å². The second-order valence-electron chi connectivity index (χ2n) is 23.2. The predicted molar refractivity (Wildman–Crippen MR) is 280 cm³/mol. The average Bonchev–Trinajstić information content (AvgIpc) is 3.67. The van der Waals surface area contributed by atoms with Crippen LogP contribution in [0.1, 0.15) is 88.2 Å². The zero-order valence-electron chi connectivity index (χ0n) is 37.9. The third-order valence-corrected chi connectivity index (χ3v) is 27.1. The zero-order valence-corrected chi connectivity index (χ0v) is 40.6. The molecule has 8 aliphatic carbocycles. The molecule has 8 fully saturated rings. The van der Waals surface area contributed by atoms with E-state index in [1.807, 2.05) is 0 Å². The van der Waals surface area contributed by atoms with Gasteiger partial charge in [-0.1, -0.05) is 0 Å². The molecule has 0 radical (unpaired) electrons. The minimum absolute atomic E-state index is 0.199. The van der Waals surface area contributed by atoms with Crippen LogP contribution in [-0.4, -0.2) is 34.3 Å². The number of fused-ring (bicyclic) bond motifs is 7. The van der Waals surface area contributed by atoms with E-state index >= 15 is 0 Å². The van der Waals surface area contributed by atoms with Crippen molar-refractivity contribution in [2.75, 3.05) is 0 Å². The molecule has 0 saturated heterocycles. The Morgan fingerprint density at radius 3 is 1.48 bits per heavy atom. The summed E-state index contributed by atoms with van der Waals surface area (Å²) in [5, 5.41) is 9.11. The Bertz CT molecular complexity index is 3120. The number of benzene rings is 7. The van der Waals surface area contributed by atoms with Crippen molar-refractivity contribution in [2.45, 2.75) is 87.9 Å². The van der Waals surface area contributed by atoms with Crippen molar-refractivity contribution in [3.8, 4) is 5.69 Å². The summed E-state index contributed by atoms with van der Waals surface area (Å²) in [7, 11) is -2.65. The Morgan fingerprint density at radius 2 is 0.939 bits per heavy atom. The minimum atomic E-state index is -2.65. The molecule has 2 aliphatic heterocycles.